The van der Waals surface area contributed by atoms with Gasteiger partial charge in [-0.25, -0.2) is 9.97 Å². The van der Waals surface area contributed by atoms with Gasteiger partial charge in [0.15, 0.2) is 0 Å². The van der Waals surface area contributed by atoms with Crippen LogP contribution in [0.5, 0.6) is 0 Å². The average molecular weight is 451 g/mol. The molecule has 0 saturated carbocycles. The zero-order valence-corrected chi connectivity index (χ0v) is 18.8. The number of carbonyl (C=O) groups excluding carboxylic acids is 1. The predicted molar refractivity (Wildman–Crippen MR) is 135 cm³/mol. The van der Waals surface area contributed by atoms with Gasteiger partial charge in [-0.1, -0.05) is 42.3 Å². The molecule has 7 nitrogen and oxygen atoms in total. The van der Waals surface area contributed by atoms with Crippen LogP contribution < -0.4 is 10.6 Å². The number of para-hydroxylation sites is 2. The third-order valence-corrected chi connectivity index (χ3v) is 6.05. The molecular weight excluding hydrogens is 424 g/mol. The minimum absolute atomic E-state index is 0.0110. The Bertz CT molecular complexity index is 1340. The Labute approximate surface area is 198 Å². The topological polar surface area (TPSA) is 85.9 Å². The molecule has 0 bridgehead atoms. The fourth-order valence-corrected chi connectivity index (χ4v) is 4.45. The van der Waals surface area contributed by atoms with Crippen LogP contribution in [0.25, 0.3) is 22.2 Å². The van der Waals surface area contributed by atoms with Crippen LogP contribution in [0, 0.1) is 12.3 Å². The summed E-state index contributed by atoms with van der Waals surface area (Å²) in [5, 5.41) is 7.48. The summed E-state index contributed by atoms with van der Waals surface area (Å²) in [6.45, 7) is 1.98. The largest absolute Gasteiger partial charge is 0.360 e. The zero-order chi connectivity index (χ0) is 23.3. The van der Waals surface area contributed by atoms with Crippen LogP contribution in [0.15, 0.2) is 67.0 Å². The Hall–Kier alpha value is -4.15. The first-order valence-corrected chi connectivity index (χ1v) is 11.4. The van der Waals surface area contributed by atoms with Crippen LogP contribution in [0.4, 0.5) is 11.6 Å². The summed E-state index contributed by atoms with van der Waals surface area (Å²) in [7, 11) is 0. The van der Waals surface area contributed by atoms with Crippen molar-refractivity contribution in [3.05, 3.63) is 72.6 Å². The molecule has 1 amide bonds. The van der Waals surface area contributed by atoms with Crippen LogP contribution in [0.1, 0.15) is 18.4 Å². The number of hydrogen-bond acceptors (Lipinski definition) is 5. The number of benzene rings is 2. The molecule has 0 unspecified atom stereocenters. The minimum atomic E-state index is -0.0110. The Morgan fingerprint density at radius 2 is 2.00 bits per heavy atom. The molecule has 2 aromatic carbocycles. The van der Waals surface area contributed by atoms with Crippen molar-refractivity contribution < 1.29 is 4.79 Å². The third-order valence-electron chi connectivity index (χ3n) is 6.05. The van der Waals surface area contributed by atoms with Crippen LogP contribution in [0.3, 0.4) is 0 Å². The number of fused-ring (bicyclic) bond motifs is 1. The first-order chi connectivity index (χ1) is 16.7. The van der Waals surface area contributed by atoms with Crippen molar-refractivity contribution in [2.24, 2.45) is 0 Å². The number of H-pyrrole nitrogens is 1. The second-order valence-electron chi connectivity index (χ2n) is 8.48. The fraction of sp³-hybridized carbons (Fsp3) is 0.222. The van der Waals surface area contributed by atoms with Gasteiger partial charge in [-0.05, 0) is 37.6 Å². The van der Waals surface area contributed by atoms with E-state index in [4.69, 9.17) is 11.4 Å². The van der Waals surface area contributed by atoms with E-state index < -0.39 is 0 Å². The molecule has 3 heterocycles. The SMILES string of the molecule is C#Cc1cnc(N[C@@H]2CCCN(CC(=O)Nc3ccccc3)C2)nc1-c1c[nH]c2ccccc12. The van der Waals surface area contributed by atoms with E-state index >= 15 is 0 Å². The smallest absolute Gasteiger partial charge is 0.238 e. The normalized spacial score (nSPS) is 16.1. The molecule has 1 saturated heterocycles. The number of aromatic nitrogens is 3. The van der Waals surface area contributed by atoms with Crippen molar-refractivity contribution in [1.29, 1.82) is 0 Å². The quantitative estimate of drug-likeness (QED) is 0.385. The number of rotatable bonds is 6. The standard InChI is InChI=1S/C27H26N6O/c1-2-19-15-29-27(32-26(19)23-16-28-24-13-7-6-12-22(23)24)31-21-11-8-14-33(17-21)18-25(34)30-20-9-4-3-5-10-20/h1,3-7,9-10,12-13,15-16,21,28H,8,11,14,17-18H2,(H,30,34)(H,29,31,32)/t21-/m1/s1. The molecule has 0 aliphatic carbocycles. The first kappa shape index (κ1) is 21.7. The highest BCUT2D eigenvalue weighted by Crippen LogP contribution is 2.30. The number of nitrogens with one attached hydrogen (secondary N) is 3. The first-order valence-electron chi connectivity index (χ1n) is 11.4. The van der Waals surface area contributed by atoms with Crippen LogP contribution in [-0.2, 0) is 4.79 Å². The Kier molecular flexibility index (Phi) is 6.23. The van der Waals surface area contributed by atoms with Gasteiger partial charge in [0.25, 0.3) is 0 Å². The number of piperidine rings is 1. The van der Waals surface area contributed by atoms with Crippen molar-refractivity contribution in [3.63, 3.8) is 0 Å². The van der Waals surface area contributed by atoms with E-state index in [2.05, 4.69) is 37.5 Å². The molecule has 1 aliphatic rings. The maximum absolute atomic E-state index is 12.5. The highest BCUT2D eigenvalue weighted by Gasteiger charge is 2.23. The number of carbonyl (C=O) groups is 1. The summed E-state index contributed by atoms with van der Waals surface area (Å²) in [5.41, 5.74) is 4.18. The minimum Gasteiger partial charge on any atom is -0.360 e. The van der Waals surface area contributed by atoms with Gasteiger partial charge in [0.05, 0.1) is 17.8 Å². The van der Waals surface area contributed by atoms with Crippen molar-refractivity contribution >= 4 is 28.4 Å². The highest BCUT2D eigenvalue weighted by molar-refractivity contribution is 5.96. The van der Waals surface area contributed by atoms with E-state index in [1.807, 2.05) is 54.7 Å². The van der Waals surface area contributed by atoms with Crippen LogP contribution >= 0.6 is 0 Å². The number of terminal acetylenes is 1. The Morgan fingerprint density at radius 3 is 2.85 bits per heavy atom. The molecule has 1 atom stereocenters. The van der Waals surface area contributed by atoms with E-state index in [0.717, 1.165) is 53.8 Å². The van der Waals surface area contributed by atoms with E-state index in [0.29, 0.717) is 18.1 Å². The number of hydrogen-bond donors (Lipinski definition) is 3. The van der Waals surface area contributed by atoms with Gasteiger partial charge in [0.1, 0.15) is 0 Å². The van der Waals surface area contributed by atoms with Gasteiger partial charge in [-0.3, -0.25) is 9.69 Å². The molecule has 34 heavy (non-hydrogen) atoms. The van der Waals surface area contributed by atoms with Gasteiger partial charge in [0, 0.05) is 47.1 Å². The molecule has 0 radical (unpaired) electrons. The van der Waals surface area contributed by atoms with Gasteiger partial charge in [0.2, 0.25) is 11.9 Å². The summed E-state index contributed by atoms with van der Waals surface area (Å²) in [6, 6.07) is 17.7. The number of anilines is 2. The van der Waals surface area contributed by atoms with Crippen molar-refractivity contribution in [3.8, 4) is 23.6 Å². The zero-order valence-electron chi connectivity index (χ0n) is 18.8. The number of amides is 1. The monoisotopic (exact) mass is 450 g/mol. The lowest BCUT2D eigenvalue weighted by Gasteiger charge is -2.32. The second-order valence-corrected chi connectivity index (χ2v) is 8.48. The molecule has 3 N–H and O–H groups in total. The molecule has 1 fully saturated rings. The molecule has 170 valence electrons. The van der Waals surface area contributed by atoms with Crippen LogP contribution in [0.2, 0.25) is 0 Å². The maximum Gasteiger partial charge on any atom is 0.238 e. The number of aromatic amines is 1. The maximum atomic E-state index is 12.5. The Balaban J connectivity index is 1.28. The lowest BCUT2D eigenvalue weighted by molar-refractivity contribution is -0.117. The van der Waals surface area contributed by atoms with Gasteiger partial charge >= 0.3 is 0 Å². The molecule has 7 heteroatoms. The van der Waals surface area contributed by atoms with Gasteiger partial charge < -0.3 is 15.6 Å². The molecule has 5 rings (SSSR count). The van der Waals surface area contributed by atoms with Crippen LogP contribution in [-0.4, -0.2) is 51.4 Å². The second kappa shape index (κ2) is 9.77. The molecule has 4 aromatic rings. The average Bonchev–Trinajstić information content (AvgIpc) is 3.29. The molecule has 0 spiro atoms. The van der Waals surface area contributed by atoms with Crippen molar-refractivity contribution in [2.75, 3.05) is 30.3 Å². The lowest BCUT2D eigenvalue weighted by Crippen LogP contribution is -2.45. The fourth-order valence-electron chi connectivity index (χ4n) is 4.45. The van der Waals surface area contributed by atoms with Crippen molar-refractivity contribution in [2.45, 2.75) is 18.9 Å². The third kappa shape index (κ3) is 4.77. The van der Waals surface area contributed by atoms with E-state index in [1.165, 1.54) is 0 Å². The summed E-state index contributed by atoms with van der Waals surface area (Å²) in [6.07, 6.45) is 11.4. The highest BCUT2D eigenvalue weighted by atomic mass is 16.2. The van der Waals surface area contributed by atoms with E-state index in [9.17, 15) is 4.79 Å². The molecule has 1 aliphatic heterocycles. The summed E-state index contributed by atoms with van der Waals surface area (Å²) in [4.78, 5) is 27.2. The number of nitrogens with zero attached hydrogens (tertiary/aromatic N) is 3. The molecule has 2 aromatic heterocycles. The number of likely N-dealkylation sites (tertiary alicyclic amines) is 1. The summed E-state index contributed by atoms with van der Waals surface area (Å²) >= 11 is 0. The summed E-state index contributed by atoms with van der Waals surface area (Å²) in [5.74, 6) is 3.24. The van der Waals surface area contributed by atoms with Gasteiger partial charge in [-0.15, -0.1) is 6.42 Å². The van der Waals surface area contributed by atoms with E-state index in [-0.39, 0.29) is 11.9 Å². The van der Waals surface area contributed by atoms with Gasteiger partial charge in [-0.2, -0.15) is 0 Å². The molecular formula is C27H26N6O. The predicted octanol–water partition coefficient (Wildman–Crippen LogP) is 4.12. The van der Waals surface area contributed by atoms with Crippen molar-refractivity contribution in [1.82, 2.24) is 19.9 Å². The summed E-state index contributed by atoms with van der Waals surface area (Å²) < 4.78 is 0. The lowest BCUT2D eigenvalue weighted by atomic mass is 10.1. The van der Waals surface area contributed by atoms with E-state index in [1.54, 1.807) is 6.20 Å². The Morgan fingerprint density at radius 1 is 1.18 bits per heavy atom.